The fourth-order valence-electron chi connectivity index (χ4n) is 2.24. The highest BCUT2D eigenvalue weighted by Crippen LogP contribution is 2.28. The molecule has 0 saturated heterocycles. The number of rotatable bonds is 4. The Morgan fingerprint density at radius 1 is 1.21 bits per heavy atom. The second-order valence-corrected chi connectivity index (χ2v) is 5.17. The van der Waals surface area contributed by atoms with Gasteiger partial charge in [-0.3, -0.25) is 4.79 Å². The second-order valence-electron chi connectivity index (χ2n) is 5.17. The number of hydrogen-bond acceptors (Lipinski definition) is 5. The Balaban J connectivity index is 1.80. The van der Waals surface area contributed by atoms with Gasteiger partial charge in [-0.1, -0.05) is 12.1 Å². The number of carbonyl (C=O) groups is 1. The van der Waals surface area contributed by atoms with E-state index in [-0.39, 0.29) is 11.7 Å². The first-order valence-corrected chi connectivity index (χ1v) is 7.29. The second kappa shape index (κ2) is 6.45. The van der Waals surface area contributed by atoms with Crippen molar-refractivity contribution in [3.8, 4) is 11.5 Å². The lowest BCUT2D eigenvalue weighted by Gasteiger charge is -2.01. The van der Waals surface area contributed by atoms with Gasteiger partial charge in [0.1, 0.15) is 11.5 Å². The molecule has 0 aliphatic carbocycles. The van der Waals surface area contributed by atoms with Crippen molar-refractivity contribution in [2.75, 3.05) is 7.11 Å². The van der Waals surface area contributed by atoms with Gasteiger partial charge in [-0.15, -0.1) is 0 Å². The summed E-state index contributed by atoms with van der Waals surface area (Å²) in [7, 11) is 1.58. The van der Waals surface area contributed by atoms with Gasteiger partial charge in [0.05, 0.1) is 7.11 Å². The number of fused-ring (bicyclic) bond motifs is 1. The van der Waals surface area contributed by atoms with Crippen molar-refractivity contribution in [3.63, 3.8) is 0 Å². The summed E-state index contributed by atoms with van der Waals surface area (Å²) in [5, 5.41) is 14.2. The van der Waals surface area contributed by atoms with Crippen molar-refractivity contribution in [2.24, 2.45) is 5.10 Å². The summed E-state index contributed by atoms with van der Waals surface area (Å²) in [6.45, 7) is 1.74. The maximum atomic E-state index is 12.0. The summed E-state index contributed by atoms with van der Waals surface area (Å²) in [6.07, 6.45) is 0. The molecular formula is C18H16N2O4. The molecule has 0 bridgehead atoms. The molecule has 0 spiro atoms. The normalized spacial score (nSPS) is 11.5. The van der Waals surface area contributed by atoms with Gasteiger partial charge in [0.2, 0.25) is 0 Å². The molecule has 1 amide bonds. The highest BCUT2D eigenvalue weighted by molar-refractivity contribution is 6.02. The molecule has 0 saturated carbocycles. The molecule has 24 heavy (non-hydrogen) atoms. The van der Waals surface area contributed by atoms with Gasteiger partial charge in [0, 0.05) is 10.9 Å². The first-order chi connectivity index (χ1) is 11.6. The van der Waals surface area contributed by atoms with E-state index in [1.54, 1.807) is 14.0 Å². The lowest BCUT2D eigenvalue weighted by atomic mass is 10.2. The van der Waals surface area contributed by atoms with Crippen molar-refractivity contribution in [2.45, 2.75) is 6.92 Å². The quantitative estimate of drug-likeness (QED) is 0.570. The van der Waals surface area contributed by atoms with E-state index in [0.717, 1.165) is 5.39 Å². The summed E-state index contributed by atoms with van der Waals surface area (Å²) in [5.74, 6) is 0.908. The SMILES string of the molecule is COc1cccc2cc(/C(C)=N\NC(=O)c3ccc(O)cc3)oc12. The average Bonchev–Trinajstić information content (AvgIpc) is 3.04. The Morgan fingerprint density at radius 2 is 1.96 bits per heavy atom. The standard InChI is InChI=1S/C18H16N2O4/c1-11(19-20-18(22)12-6-8-14(21)9-7-12)16-10-13-4-3-5-15(23-2)17(13)24-16/h3-10,21H,1-2H3,(H,20,22)/b19-11-. The molecular weight excluding hydrogens is 308 g/mol. The Bertz CT molecular complexity index is 910. The van der Waals surface area contributed by atoms with Crippen LogP contribution in [0.25, 0.3) is 11.0 Å². The highest BCUT2D eigenvalue weighted by atomic mass is 16.5. The van der Waals surface area contributed by atoms with Crippen LogP contribution in [-0.4, -0.2) is 23.8 Å². The van der Waals surface area contributed by atoms with Crippen LogP contribution in [0.5, 0.6) is 11.5 Å². The molecule has 3 aromatic rings. The molecule has 0 atom stereocenters. The van der Waals surface area contributed by atoms with Crippen LogP contribution in [0.1, 0.15) is 23.0 Å². The first kappa shape index (κ1) is 15.6. The smallest absolute Gasteiger partial charge is 0.271 e. The maximum Gasteiger partial charge on any atom is 0.271 e. The van der Waals surface area contributed by atoms with E-state index in [4.69, 9.17) is 9.15 Å². The molecule has 6 nitrogen and oxygen atoms in total. The van der Waals surface area contributed by atoms with Crippen LogP contribution in [0.4, 0.5) is 0 Å². The van der Waals surface area contributed by atoms with E-state index in [1.165, 1.54) is 24.3 Å². The van der Waals surface area contributed by atoms with Gasteiger partial charge in [0.25, 0.3) is 5.91 Å². The third-order valence-corrected chi connectivity index (χ3v) is 3.54. The summed E-state index contributed by atoms with van der Waals surface area (Å²) in [4.78, 5) is 12.0. The fourth-order valence-corrected chi connectivity index (χ4v) is 2.24. The third kappa shape index (κ3) is 3.08. The number of phenolic OH excluding ortho intramolecular Hbond substituents is 1. The van der Waals surface area contributed by atoms with E-state index < -0.39 is 0 Å². The summed E-state index contributed by atoms with van der Waals surface area (Å²) < 4.78 is 11.0. The molecule has 1 aromatic heterocycles. The Hall–Kier alpha value is -3.28. The number of aromatic hydroxyl groups is 1. The number of hydrazone groups is 1. The third-order valence-electron chi connectivity index (χ3n) is 3.54. The van der Waals surface area contributed by atoms with Gasteiger partial charge < -0.3 is 14.3 Å². The van der Waals surface area contributed by atoms with Crippen LogP contribution in [0.3, 0.4) is 0 Å². The van der Waals surface area contributed by atoms with E-state index in [1.807, 2.05) is 24.3 Å². The largest absolute Gasteiger partial charge is 0.508 e. The zero-order chi connectivity index (χ0) is 17.1. The number of nitrogens with one attached hydrogen (secondary N) is 1. The molecule has 0 fully saturated rings. The van der Waals surface area contributed by atoms with Crippen molar-refractivity contribution in [1.29, 1.82) is 0 Å². The number of benzene rings is 2. The summed E-state index contributed by atoms with van der Waals surface area (Å²) in [5.41, 5.74) is 4.03. The number of nitrogens with zero attached hydrogens (tertiary/aromatic N) is 1. The predicted octanol–water partition coefficient (Wildman–Crippen LogP) is 3.30. The van der Waals surface area contributed by atoms with E-state index in [2.05, 4.69) is 10.5 Å². The van der Waals surface area contributed by atoms with Crippen LogP contribution in [0, 0.1) is 0 Å². The zero-order valence-electron chi connectivity index (χ0n) is 13.2. The Morgan fingerprint density at radius 3 is 2.67 bits per heavy atom. The van der Waals surface area contributed by atoms with Gasteiger partial charge in [0.15, 0.2) is 17.1 Å². The number of methoxy groups -OCH3 is 1. The maximum absolute atomic E-state index is 12.0. The van der Waals surface area contributed by atoms with Crippen LogP contribution < -0.4 is 10.2 Å². The number of furan rings is 1. The van der Waals surface area contributed by atoms with E-state index in [0.29, 0.717) is 28.4 Å². The number of phenols is 1. The molecule has 1 heterocycles. The van der Waals surface area contributed by atoms with Crippen molar-refractivity contribution in [1.82, 2.24) is 5.43 Å². The monoisotopic (exact) mass is 324 g/mol. The lowest BCUT2D eigenvalue weighted by Crippen LogP contribution is -2.19. The van der Waals surface area contributed by atoms with Crippen molar-refractivity contribution in [3.05, 3.63) is 59.9 Å². The summed E-state index contributed by atoms with van der Waals surface area (Å²) in [6, 6.07) is 13.3. The Labute approximate surface area is 138 Å². The fraction of sp³-hybridized carbons (Fsp3) is 0.111. The van der Waals surface area contributed by atoms with Gasteiger partial charge in [-0.2, -0.15) is 5.10 Å². The number of hydrogen-bond donors (Lipinski definition) is 2. The predicted molar refractivity (Wildman–Crippen MR) is 90.6 cm³/mol. The van der Waals surface area contributed by atoms with Crippen LogP contribution in [-0.2, 0) is 0 Å². The molecule has 2 aromatic carbocycles. The molecule has 0 aliphatic heterocycles. The molecule has 6 heteroatoms. The first-order valence-electron chi connectivity index (χ1n) is 7.29. The molecule has 3 rings (SSSR count). The minimum atomic E-state index is -0.372. The Kier molecular flexibility index (Phi) is 4.20. The molecule has 122 valence electrons. The van der Waals surface area contributed by atoms with Gasteiger partial charge in [-0.25, -0.2) is 5.43 Å². The highest BCUT2D eigenvalue weighted by Gasteiger charge is 2.11. The molecule has 0 radical (unpaired) electrons. The topological polar surface area (TPSA) is 84.1 Å². The van der Waals surface area contributed by atoms with Crippen molar-refractivity contribution < 1.29 is 19.1 Å². The molecule has 2 N–H and O–H groups in total. The minimum absolute atomic E-state index is 0.0995. The van der Waals surface area contributed by atoms with Gasteiger partial charge >= 0.3 is 0 Å². The molecule has 0 unspecified atom stereocenters. The van der Waals surface area contributed by atoms with E-state index >= 15 is 0 Å². The van der Waals surface area contributed by atoms with Crippen LogP contribution >= 0.6 is 0 Å². The number of carbonyl (C=O) groups excluding carboxylic acids is 1. The zero-order valence-corrected chi connectivity index (χ0v) is 13.2. The number of para-hydroxylation sites is 1. The lowest BCUT2D eigenvalue weighted by molar-refractivity contribution is 0.0955. The summed E-state index contributed by atoms with van der Waals surface area (Å²) >= 11 is 0. The van der Waals surface area contributed by atoms with Gasteiger partial charge in [-0.05, 0) is 43.3 Å². The molecule has 0 aliphatic rings. The van der Waals surface area contributed by atoms with Crippen LogP contribution in [0.2, 0.25) is 0 Å². The van der Waals surface area contributed by atoms with Crippen molar-refractivity contribution >= 4 is 22.6 Å². The number of amides is 1. The minimum Gasteiger partial charge on any atom is -0.508 e. The average molecular weight is 324 g/mol. The van der Waals surface area contributed by atoms with E-state index in [9.17, 15) is 9.90 Å². The van der Waals surface area contributed by atoms with Crippen LogP contribution in [0.15, 0.2) is 58.0 Å². The number of ether oxygens (including phenoxy) is 1.